The average molecular weight is 213 g/mol. The van der Waals surface area contributed by atoms with Gasteiger partial charge in [-0.25, -0.2) is 4.79 Å². The van der Waals surface area contributed by atoms with Gasteiger partial charge in [0, 0.05) is 6.54 Å². The molecule has 1 saturated heterocycles. The van der Waals surface area contributed by atoms with Crippen LogP contribution in [0, 0.1) is 0 Å². The minimum absolute atomic E-state index is 0.240. The Labute approximate surface area is 90.6 Å². The number of carbonyl (C=O) groups is 2. The molecule has 1 fully saturated rings. The normalized spacial score (nSPS) is 20.3. The van der Waals surface area contributed by atoms with Crippen LogP contribution >= 0.6 is 0 Å². The maximum absolute atomic E-state index is 11.6. The number of carbonyl (C=O) groups excluding carboxylic acids is 2. The van der Waals surface area contributed by atoms with Gasteiger partial charge in [-0.2, -0.15) is 0 Å². The molecule has 0 aromatic carbocycles. The van der Waals surface area contributed by atoms with Gasteiger partial charge in [0.2, 0.25) is 6.41 Å². The Morgan fingerprint density at radius 3 is 3.00 bits per heavy atom. The molecule has 1 amide bonds. The van der Waals surface area contributed by atoms with Gasteiger partial charge in [-0.3, -0.25) is 4.79 Å². The minimum atomic E-state index is -0.330. The minimum Gasteiger partial charge on any atom is -0.464 e. The van der Waals surface area contributed by atoms with E-state index < -0.39 is 0 Å². The zero-order valence-corrected chi connectivity index (χ0v) is 9.28. The summed E-state index contributed by atoms with van der Waals surface area (Å²) in [5.41, 5.74) is 0. The van der Waals surface area contributed by atoms with E-state index in [-0.39, 0.29) is 12.0 Å². The smallest absolute Gasteiger partial charge is 0.328 e. The number of hydrogen-bond donors (Lipinski definition) is 0. The van der Waals surface area contributed by atoms with Gasteiger partial charge in [0.1, 0.15) is 6.04 Å². The first-order valence-corrected chi connectivity index (χ1v) is 5.67. The highest BCUT2D eigenvalue weighted by Gasteiger charge is 2.30. The second kappa shape index (κ2) is 6.43. The molecule has 0 saturated carbocycles. The molecule has 1 aliphatic heterocycles. The number of rotatable bonds is 6. The molecule has 4 nitrogen and oxygen atoms in total. The molecule has 1 atom stereocenters. The van der Waals surface area contributed by atoms with Crippen molar-refractivity contribution in [2.24, 2.45) is 0 Å². The molecule has 0 spiro atoms. The maximum atomic E-state index is 11.6. The van der Waals surface area contributed by atoms with Crippen LogP contribution in [-0.4, -0.2) is 36.5 Å². The van der Waals surface area contributed by atoms with Crippen molar-refractivity contribution >= 4 is 12.4 Å². The van der Waals surface area contributed by atoms with Gasteiger partial charge in [0.15, 0.2) is 0 Å². The Hall–Kier alpha value is -1.06. The molecule has 0 N–H and O–H groups in total. The van der Waals surface area contributed by atoms with E-state index >= 15 is 0 Å². The topological polar surface area (TPSA) is 46.6 Å². The molecule has 0 aliphatic carbocycles. The fourth-order valence-electron chi connectivity index (χ4n) is 1.79. The van der Waals surface area contributed by atoms with Crippen molar-refractivity contribution in [3.63, 3.8) is 0 Å². The SMILES string of the molecule is CCCCCOC(=O)[C@@H]1CCCN1C=O. The third kappa shape index (κ3) is 3.53. The second-order valence-electron chi connectivity index (χ2n) is 3.88. The summed E-state index contributed by atoms with van der Waals surface area (Å²) in [5.74, 6) is -0.240. The first kappa shape index (κ1) is 12.0. The predicted octanol–water partition coefficient (Wildman–Crippen LogP) is 1.34. The molecule has 0 aromatic rings. The summed E-state index contributed by atoms with van der Waals surface area (Å²) in [6, 6.07) is -0.330. The quantitative estimate of drug-likeness (QED) is 0.380. The summed E-state index contributed by atoms with van der Waals surface area (Å²) in [7, 11) is 0. The summed E-state index contributed by atoms with van der Waals surface area (Å²) >= 11 is 0. The van der Waals surface area contributed by atoms with Gasteiger partial charge in [-0.15, -0.1) is 0 Å². The Morgan fingerprint density at radius 2 is 2.33 bits per heavy atom. The van der Waals surface area contributed by atoms with Crippen LogP contribution in [-0.2, 0) is 14.3 Å². The molecule has 15 heavy (non-hydrogen) atoms. The highest BCUT2D eigenvalue weighted by atomic mass is 16.5. The molecule has 1 aliphatic rings. The van der Waals surface area contributed by atoms with Crippen molar-refractivity contribution in [1.82, 2.24) is 4.90 Å². The van der Waals surface area contributed by atoms with Crippen molar-refractivity contribution in [2.75, 3.05) is 13.2 Å². The lowest BCUT2D eigenvalue weighted by Crippen LogP contribution is -2.36. The van der Waals surface area contributed by atoms with E-state index in [1.165, 1.54) is 4.90 Å². The number of unbranched alkanes of at least 4 members (excludes halogenated alkanes) is 2. The van der Waals surface area contributed by atoms with Crippen molar-refractivity contribution in [3.05, 3.63) is 0 Å². The first-order valence-electron chi connectivity index (χ1n) is 5.67. The van der Waals surface area contributed by atoms with Crippen LogP contribution in [0.15, 0.2) is 0 Å². The van der Waals surface area contributed by atoms with Crippen LogP contribution in [0.1, 0.15) is 39.0 Å². The number of likely N-dealkylation sites (tertiary alicyclic amines) is 1. The molecule has 0 radical (unpaired) electrons. The Balaban J connectivity index is 2.24. The van der Waals surface area contributed by atoms with Gasteiger partial charge < -0.3 is 9.64 Å². The van der Waals surface area contributed by atoms with E-state index in [1.54, 1.807) is 0 Å². The van der Waals surface area contributed by atoms with Crippen LogP contribution < -0.4 is 0 Å². The van der Waals surface area contributed by atoms with E-state index in [2.05, 4.69) is 6.92 Å². The summed E-state index contributed by atoms with van der Waals surface area (Å²) in [5, 5.41) is 0. The number of nitrogens with zero attached hydrogens (tertiary/aromatic N) is 1. The van der Waals surface area contributed by atoms with Crippen LogP contribution in [0.4, 0.5) is 0 Å². The number of esters is 1. The number of hydrogen-bond acceptors (Lipinski definition) is 3. The molecule has 86 valence electrons. The van der Waals surface area contributed by atoms with Crippen molar-refractivity contribution < 1.29 is 14.3 Å². The van der Waals surface area contributed by atoms with E-state index in [1.807, 2.05) is 0 Å². The summed E-state index contributed by atoms with van der Waals surface area (Å²) in [4.78, 5) is 23.7. The molecule has 4 heteroatoms. The Kier molecular flexibility index (Phi) is 5.15. The molecule has 0 aromatic heterocycles. The van der Waals surface area contributed by atoms with Gasteiger partial charge in [-0.1, -0.05) is 19.8 Å². The maximum Gasteiger partial charge on any atom is 0.328 e. The fraction of sp³-hybridized carbons (Fsp3) is 0.818. The van der Waals surface area contributed by atoms with Gasteiger partial charge >= 0.3 is 5.97 Å². The molecule has 0 unspecified atom stereocenters. The van der Waals surface area contributed by atoms with Crippen molar-refractivity contribution in [3.8, 4) is 0 Å². The standard InChI is InChI=1S/C11H19NO3/c1-2-3-4-8-15-11(14)10-6-5-7-12(10)9-13/h9-10H,2-8H2,1H3/t10-/m0/s1. The summed E-state index contributed by atoms with van der Waals surface area (Å²) in [6.45, 7) is 3.26. The molecular weight excluding hydrogens is 194 g/mol. The fourth-order valence-corrected chi connectivity index (χ4v) is 1.79. The number of amides is 1. The molecule has 1 heterocycles. The summed E-state index contributed by atoms with van der Waals surface area (Å²) in [6.07, 6.45) is 5.48. The zero-order chi connectivity index (χ0) is 11.1. The monoisotopic (exact) mass is 213 g/mol. The molecular formula is C11H19NO3. The third-order valence-electron chi connectivity index (χ3n) is 2.69. The Morgan fingerprint density at radius 1 is 1.53 bits per heavy atom. The zero-order valence-electron chi connectivity index (χ0n) is 9.28. The lowest BCUT2D eigenvalue weighted by atomic mass is 10.2. The van der Waals surface area contributed by atoms with Crippen LogP contribution in [0.2, 0.25) is 0 Å². The highest BCUT2D eigenvalue weighted by molar-refractivity contribution is 5.78. The molecule has 1 rings (SSSR count). The van der Waals surface area contributed by atoms with E-state index in [0.717, 1.165) is 38.5 Å². The van der Waals surface area contributed by atoms with Crippen molar-refractivity contribution in [2.45, 2.75) is 45.1 Å². The van der Waals surface area contributed by atoms with Crippen LogP contribution in [0.5, 0.6) is 0 Å². The van der Waals surface area contributed by atoms with Crippen LogP contribution in [0.25, 0.3) is 0 Å². The largest absolute Gasteiger partial charge is 0.464 e. The van der Waals surface area contributed by atoms with Gasteiger partial charge in [-0.05, 0) is 19.3 Å². The lowest BCUT2D eigenvalue weighted by Gasteiger charge is -2.18. The van der Waals surface area contributed by atoms with Gasteiger partial charge in [0.05, 0.1) is 6.61 Å². The second-order valence-corrected chi connectivity index (χ2v) is 3.88. The average Bonchev–Trinajstić information content (AvgIpc) is 2.72. The third-order valence-corrected chi connectivity index (χ3v) is 2.69. The number of ether oxygens (including phenoxy) is 1. The molecule has 0 bridgehead atoms. The lowest BCUT2D eigenvalue weighted by molar-refractivity contribution is -0.151. The first-order chi connectivity index (χ1) is 7.29. The van der Waals surface area contributed by atoms with E-state index in [9.17, 15) is 9.59 Å². The van der Waals surface area contributed by atoms with Crippen molar-refractivity contribution in [1.29, 1.82) is 0 Å². The predicted molar refractivity (Wildman–Crippen MR) is 56.3 cm³/mol. The highest BCUT2D eigenvalue weighted by Crippen LogP contribution is 2.16. The summed E-state index contributed by atoms with van der Waals surface area (Å²) < 4.78 is 5.12. The van der Waals surface area contributed by atoms with E-state index in [4.69, 9.17) is 4.74 Å². The Bertz CT molecular complexity index is 218. The van der Waals surface area contributed by atoms with Gasteiger partial charge in [0.25, 0.3) is 0 Å². The van der Waals surface area contributed by atoms with Crippen LogP contribution in [0.3, 0.4) is 0 Å². The van der Waals surface area contributed by atoms with E-state index in [0.29, 0.717) is 13.2 Å².